The first kappa shape index (κ1) is 12.1. The molecule has 2 nitrogen and oxygen atoms in total. The number of aromatic nitrogens is 1. The number of nitrogens with zero attached hydrogens (tertiary/aromatic N) is 1. The quantitative estimate of drug-likeness (QED) is 0.883. The first-order valence-electron chi connectivity index (χ1n) is 5.49. The molecule has 0 aliphatic carbocycles. The van der Waals surface area contributed by atoms with Gasteiger partial charge in [0.15, 0.2) is 0 Å². The number of hydrogen-bond donors (Lipinski definition) is 1. The van der Waals surface area contributed by atoms with E-state index in [1.54, 1.807) is 6.20 Å². The molecule has 1 aromatic heterocycles. The third kappa shape index (κ3) is 2.33. The summed E-state index contributed by atoms with van der Waals surface area (Å²) in [6.07, 6.45) is 1.80. The molecule has 0 aliphatic heterocycles. The van der Waals surface area contributed by atoms with Crippen LogP contribution in [-0.4, -0.2) is 4.98 Å². The van der Waals surface area contributed by atoms with Crippen molar-refractivity contribution in [3.63, 3.8) is 0 Å². The van der Waals surface area contributed by atoms with E-state index >= 15 is 0 Å². The predicted octanol–water partition coefficient (Wildman–Crippen LogP) is 3.27. The van der Waals surface area contributed by atoms with Gasteiger partial charge in [-0.05, 0) is 37.1 Å². The molecule has 0 saturated heterocycles. The van der Waals surface area contributed by atoms with Gasteiger partial charge >= 0.3 is 0 Å². The highest BCUT2D eigenvalue weighted by atomic mass is 35.5. The Hall–Kier alpha value is -1.38. The van der Waals surface area contributed by atoms with E-state index in [0.29, 0.717) is 5.02 Å². The fourth-order valence-corrected chi connectivity index (χ4v) is 2.14. The highest BCUT2D eigenvalue weighted by Gasteiger charge is 2.26. The first-order valence-corrected chi connectivity index (χ1v) is 5.86. The highest BCUT2D eigenvalue weighted by Crippen LogP contribution is 2.31. The van der Waals surface area contributed by atoms with Crippen LogP contribution in [-0.2, 0) is 5.54 Å². The maximum Gasteiger partial charge on any atom is 0.0666 e. The lowest BCUT2D eigenvalue weighted by Gasteiger charge is -2.26. The number of hydrogen-bond acceptors (Lipinski definition) is 2. The smallest absolute Gasteiger partial charge is 0.0666 e. The van der Waals surface area contributed by atoms with Gasteiger partial charge in [-0.25, -0.2) is 0 Å². The largest absolute Gasteiger partial charge is 0.318 e. The summed E-state index contributed by atoms with van der Waals surface area (Å²) in [6, 6.07) is 11.6. The lowest BCUT2D eigenvalue weighted by atomic mass is 9.86. The fourth-order valence-electron chi connectivity index (χ4n) is 1.81. The van der Waals surface area contributed by atoms with Crippen LogP contribution < -0.4 is 5.73 Å². The Morgan fingerprint density at radius 1 is 1.18 bits per heavy atom. The van der Waals surface area contributed by atoms with Crippen molar-refractivity contribution in [2.75, 3.05) is 0 Å². The van der Waals surface area contributed by atoms with E-state index in [4.69, 9.17) is 17.3 Å². The number of nitrogens with two attached hydrogens (primary N) is 1. The second-order valence-corrected chi connectivity index (χ2v) is 4.78. The molecule has 0 spiro atoms. The number of benzene rings is 1. The van der Waals surface area contributed by atoms with E-state index in [1.165, 1.54) is 0 Å². The van der Waals surface area contributed by atoms with Gasteiger partial charge < -0.3 is 5.73 Å². The predicted molar refractivity (Wildman–Crippen MR) is 71.1 cm³/mol. The van der Waals surface area contributed by atoms with E-state index < -0.39 is 5.54 Å². The minimum atomic E-state index is -0.626. The molecule has 17 heavy (non-hydrogen) atoms. The third-order valence-corrected chi connectivity index (χ3v) is 3.27. The van der Waals surface area contributed by atoms with Crippen molar-refractivity contribution in [2.45, 2.75) is 19.4 Å². The van der Waals surface area contributed by atoms with Crippen LogP contribution in [0.25, 0.3) is 0 Å². The second-order valence-electron chi connectivity index (χ2n) is 4.37. The summed E-state index contributed by atoms with van der Waals surface area (Å²) in [5.41, 5.74) is 8.60. The Morgan fingerprint density at radius 3 is 2.47 bits per heavy atom. The molecule has 1 heterocycles. The Balaban J connectivity index is 2.49. The minimum absolute atomic E-state index is 0.626. The van der Waals surface area contributed by atoms with Gasteiger partial charge in [0.25, 0.3) is 0 Å². The van der Waals surface area contributed by atoms with Crippen molar-refractivity contribution in [1.82, 2.24) is 4.98 Å². The zero-order valence-electron chi connectivity index (χ0n) is 9.94. The van der Waals surface area contributed by atoms with Gasteiger partial charge in [0, 0.05) is 16.9 Å². The van der Waals surface area contributed by atoms with Gasteiger partial charge in [0.1, 0.15) is 0 Å². The van der Waals surface area contributed by atoms with Crippen molar-refractivity contribution in [3.05, 3.63) is 64.4 Å². The van der Waals surface area contributed by atoms with Gasteiger partial charge in [0.05, 0.1) is 5.54 Å². The van der Waals surface area contributed by atoms with Gasteiger partial charge in [-0.2, -0.15) is 0 Å². The first-order chi connectivity index (χ1) is 8.01. The second kappa shape index (κ2) is 4.47. The number of pyridine rings is 1. The van der Waals surface area contributed by atoms with Crippen molar-refractivity contribution in [2.24, 2.45) is 5.73 Å². The highest BCUT2D eigenvalue weighted by molar-refractivity contribution is 6.31. The molecular weight excluding hydrogens is 232 g/mol. The molecule has 1 unspecified atom stereocenters. The molecule has 1 atom stereocenters. The molecule has 0 saturated carbocycles. The molecule has 0 fully saturated rings. The standard InChI is InChI=1S/C14H15ClN2/c1-10-7-8-11(9-17-10)14(2,16)12-5-3-4-6-13(12)15/h3-9H,16H2,1-2H3. The molecule has 0 amide bonds. The van der Waals surface area contributed by atoms with Crippen LogP contribution in [0.2, 0.25) is 5.02 Å². The summed E-state index contributed by atoms with van der Waals surface area (Å²) in [5.74, 6) is 0. The van der Waals surface area contributed by atoms with E-state index in [0.717, 1.165) is 16.8 Å². The topological polar surface area (TPSA) is 38.9 Å². The van der Waals surface area contributed by atoms with Gasteiger partial charge in [-0.15, -0.1) is 0 Å². The Labute approximate surface area is 106 Å². The lowest BCUT2D eigenvalue weighted by molar-refractivity contribution is 0.600. The molecule has 2 rings (SSSR count). The fraction of sp³-hybridized carbons (Fsp3) is 0.214. The van der Waals surface area contributed by atoms with Crippen molar-refractivity contribution in [3.8, 4) is 0 Å². The van der Waals surface area contributed by atoms with E-state index in [2.05, 4.69) is 4.98 Å². The maximum absolute atomic E-state index is 6.39. The van der Waals surface area contributed by atoms with Crippen LogP contribution in [0.4, 0.5) is 0 Å². The molecule has 88 valence electrons. The molecule has 1 aromatic carbocycles. The van der Waals surface area contributed by atoms with Crippen LogP contribution in [0.5, 0.6) is 0 Å². The monoisotopic (exact) mass is 246 g/mol. The van der Waals surface area contributed by atoms with E-state index in [-0.39, 0.29) is 0 Å². The molecule has 2 aromatic rings. The maximum atomic E-state index is 6.39. The van der Waals surface area contributed by atoms with Gasteiger partial charge in [0.2, 0.25) is 0 Å². The summed E-state index contributed by atoms with van der Waals surface area (Å²) in [5, 5.41) is 0.679. The Bertz CT molecular complexity index is 518. The molecule has 3 heteroatoms. The normalized spacial score (nSPS) is 14.4. The van der Waals surface area contributed by atoms with Crippen LogP contribution in [0, 0.1) is 6.92 Å². The Morgan fingerprint density at radius 2 is 1.88 bits per heavy atom. The van der Waals surface area contributed by atoms with Crippen molar-refractivity contribution >= 4 is 11.6 Å². The summed E-state index contributed by atoms with van der Waals surface area (Å²) in [6.45, 7) is 3.90. The van der Waals surface area contributed by atoms with Crippen LogP contribution >= 0.6 is 11.6 Å². The molecule has 0 radical (unpaired) electrons. The van der Waals surface area contributed by atoms with Crippen LogP contribution in [0.1, 0.15) is 23.7 Å². The summed E-state index contributed by atoms with van der Waals surface area (Å²) < 4.78 is 0. The van der Waals surface area contributed by atoms with Crippen LogP contribution in [0.3, 0.4) is 0 Å². The SMILES string of the molecule is Cc1ccc(C(C)(N)c2ccccc2Cl)cn1. The lowest BCUT2D eigenvalue weighted by Crippen LogP contribution is -2.34. The van der Waals surface area contributed by atoms with E-state index in [9.17, 15) is 0 Å². The Kier molecular flexibility index (Phi) is 3.18. The minimum Gasteiger partial charge on any atom is -0.318 e. The number of aryl methyl sites for hydroxylation is 1. The average Bonchev–Trinajstić information content (AvgIpc) is 2.30. The number of rotatable bonds is 2. The van der Waals surface area contributed by atoms with Gasteiger partial charge in [-0.3, -0.25) is 4.98 Å². The summed E-state index contributed by atoms with van der Waals surface area (Å²) >= 11 is 6.19. The van der Waals surface area contributed by atoms with Crippen molar-refractivity contribution in [1.29, 1.82) is 0 Å². The summed E-state index contributed by atoms with van der Waals surface area (Å²) in [4.78, 5) is 4.28. The van der Waals surface area contributed by atoms with Crippen LogP contribution in [0.15, 0.2) is 42.6 Å². The molecule has 2 N–H and O–H groups in total. The van der Waals surface area contributed by atoms with Crippen molar-refractivity contribution < 1.29 is 0 Å². The summed E-state index contributed by atoms with van der Waals surface area (Å²) in [7, 11) is 0. The van der Waals surface area contributed by atoms with Gasteiger partial charge in [-0.1, -0.05) is 35.9 Å². The third-order valence-electron chi connectivity index (χ3n) is 2.94. The number of halogens is 1. The van der Waals surface area contributed by atoms with E-state index in [1.807, 2.05) is 50.2 Å². The molecule has 0 bridgehead atoms. The zero-order valence-corrected chi connectivity index (χ0v) is 10.7. The molecule has 0 aliphatic rings. The average molecular weight is 247 g/mol. The zero-order chi connectivity index (χ0) is 12.5. The molecular formula is C14H15ClN2.